The van der Waals surface area contributed by atoms with Crippen LogP contribution in [0.4, 0.5) is 0 Å². The molecule has 3 aliphatic rings. The number of rotatable bonds is 0. The molecule has 0 radical (unpaired) electrons. The Morgan fingerprint density at radius 2 is 1.00 bits per heavy atom. The van der Waals surface area contributed by atoms with E-state index in [4.69, 9.17) is 0 Å². The molecule has 3 aromatic carbocycles. The van der Waals surface area contributed by atoms with Crippen molar-refractivity contribution >= 4 is 10.8 Å². The normalized spacial score (nSPS) is 18.3. The van der Waals surface area contributed by atoms with Gasteiger partial charge >= 0.3 is 0 Å². The Bertz CT molecular complexity index is 1300. The van der Waals surface area contributed by atoms with Gasteiger partial charge in [-0.3, -0.25) is 0 Å². The van der Waals surface area contributed by atoms with Crippen LogP contribution in [0.25, 0.3) is 10.8 Å². The molecule has 2 atom stereocenters. The van der Waals surface area contributed by atoms with Crippen LogP contribution in [0.1, 0.15) is 72.9 Å². The van der Waals surface area contributed by atoms with Gasteiger partial charge in [0, 0.05) is 23.0 Å². The lowest BCUT2D eigenvalue weighted by molar-refractivity contribution is 0.143. The van der Waals surface area contributed by atoms with Gasteiger partial charge in [-0.15, -0.1) is 0 Å². The molecule has 2 bridgehead atoms. The summed E-state index contributed by atoms with van der Waals surface area (Å²) in [5.74, 6) is 12.9. The van der Waals surface area contributed by atoms with Gasteiger partial charge in [-0.1, -0.05) is 84.4 Å². The Hall–Kier alpha value is -3.30. The molecule has 0 fully saturated rings. The van der Waals surface area contributed by atoms with E-state index in [1.807, 2.05) is 12.1 Å². The van der Waals surface area contributed by atoms with E-state index in [9.17, 15) is 10.2 Å². The molecule has 0 aliphatic heterocycles. The summed E-state index contributed by atoms with van der Waals surface area (Å²) in [6.45, 7) is 6.83. The van der Waals surface area contributed by atoms with Gasteiger partial charge in [0.25, 0.3) is 0 Å². The fraction of sp³-hybridized carbons (Fsp3) is 0.267. The third kappa shape index (κ3) is 3.43. The van der Waals surface area contributed by atoms with Crippen molar-refractivity contribution in [1.29, 1.82) is 0 Å². The average molecular weight is 419 g/mol. The maximum absolute atomic E-state index is 10.3. The number of hydrogen-bond donors (Lipinski definition) is 2. The highest BCUT2D eigenvalue weighted by atomic mass is 16.3. The standard InChI is InChI=1S/C30H26O2/c1-29(2,31)17-15-25-21-11-7-8-12-22(21)26(16-18-30(3,4)32)28-24-14-13-23(27(25)28)19-9-5-6-10-20(19)24/h5-14,23-24,31-32H,1-4H3. The van der Waals surface area contributed by atoms with Gasteiger partial charge in [0.1, 0.15) is 11.2 Å². The Kier molecular flexibility index (Phi) is 4.58. The van der Waals surface area contributed by atoms with Crippen LogP contribution in [0.15, 0.2) is 60.7 Å². The number of fused-ring (bicyclic) bond motifs is 1. The van der Waals surface area contributed by atoms with E-state index in [-0.39, 0.29) is 11.8 Å². The first-order valence-electron chi connectivity index (χ1n) is 11.0. The second-order valence-electron chi connectivity index (χ2n) is 9.71. The minimum Gasteiger partial charge on any atom is -0.378 e. The van der Waals surface area contributed by atoms with Crippen LogP contribution in [0.3, 0.4) is 0 Å². The smallest absolute Gasteiger partial charge is 0.120 e. The molecule has 2 heteroatoms. The lowest BCUT2D eigenvalue weighted by atomic mass is 9.64. The molecule has 158 valence electrons. The summed E-state index contributed by atoms with van der Waals surface area (Å²) in [7, 11) is 0. The van der Waals surface area contributed by atoms with Gasteiger partial charge in [0.2, 0.25) is 0 Å². The maximum atomic E-state index is 10.3. The van der Waals surface area contributed by atoms with Crippen LogP contribution in [-0.4, -0.2) is 21.4 Å². The predicted octanol–water partition coefficient (Wildman–Crippen LogP) is 5.23. The number of allylic oxidation sites excluding steroid dienone is 2. The first-order valence-corrected chi connectivity index (χ1v) is 11.0. The highest BCUT2D eigenvalue weighted by Crippen LogP contribution is 2.52. The van der Waals surface area contributed by atoms with Gasteiger partial charge in [0.15, 0.2) is 0 Å². The van der Waals surface area contributed by atoms with E-state index < -0.39 is 11.2 Å². The van der Waals surface area contributed by atoms with Crippen LogP contribution in [0, 0.1) is 23.7 Å². The third-order valence-corrected chi connectivity index (χ3v) is 6.07. The van der Waals surface area contributed by atoms with Crippen molar-refractivity contribution in [1.82, 2.24) is 0 Å². The van der Waals surface area contributed by atoms with E-state index in [0.717, 1.165) is 21.9 Å². The van der Waals surface area contributed by atoms with E-state index in [1.165, 1.54) is 22.3 Å². The van der Waals surface area contributed by atoms with Crippen molar-refractivity contribution in [3.05, 3.63) is 94.1 Å². The highest BCUT2D eigenvalue weighted by molar-refractivity contribution is 5.97. The summed E-state index contributed by atoms with van der Waals surface area (Å²) >= 11 is 0. The van der Waals surface area contributed by atoms with E-state index in [1.54, 1.807) is 27.7 Å². The zero-order valence-corrected chi connectivity index (χ0v) is 18.8. The SMILES string of the molecule is CC(C)(O)C#Cc1c2c(c(C#CC(C)(C)O)c3ccccc13)C1C=CC2c2ccccc21. The molecule has 2 nitrogen and oxygen atoms in total. The molecule has 0 saturated heterocycles. The number of aliphatic hydroxyl groups is 2. The molecule has 6 rings (SSSR count). The topological polar surface area (TPSA) is 40.5 Å². The summed E-state index contributed by atoms with van der Waals surface area (Å²) in [6.07, 6.45) is 4.54. The van der Waals surface area contributed by atoms with Gasteiger partial charge in [-0.2, -0.15) is 0 Å². The molecular weight excluding hydrogens is 392 g/mol. The predicted molar refractivity (Wildman–Crippen MR) is 130 cm³/mol. The molecule has 0 heterocycles. The van der Waals surface area contributed by atoms with Crippen LogP contribution in [-0.2, 0) is 0 Å². The molecule has 0 amide bonds. The van der Waals surface area contributed by atoms with Crippen molar-refractivity contribution in [3.63, 3.8) is 0 Å². The zero-order valence-electron chi connectivity index (χ0n) is 18.8. The summed E-state index contributed by atoms with van der Waals surface area (Å²) < 4.78 is 0. The maximum Gasteiger partial charge on any atom is 0.120 e. The quantitative estimate of drug-likeness (QED) is 0.388. The summed E-state index contributed by atoms with van der Waals surface area (Å²) in [5, 5.41) is 22.7. The number of hydrogen-bond acceptors (Lipinski definition) is 2. The van der Waals surface area contributed by atoms with Crippen molar-refractivity contribution in [2.24, 2.45) is 0 Å². The lowest BCUT2D eigenvalue weighted by Gasteiger charge is -2.38. The Balaban J connectivity index is 1.93. The van der Waals surface area contributed by atoms with Crippen LogP contribution in [0.5, 0.6) is 0 Å². The van der Waals surface area contributed by atoms with E-state index >= 15 is 0 Å². The number of benzene rings is 3. The Labute approximate surface area is 189 Å². The van der Waals surface area contributed by atoms with Gasteiger partial charge in [-0.05, 0) is 60.7 Å². The summed E-state index contributed by atoms with van der Waals surface area (Å²) in [4.78, 5) is 0. The molecule has 0 spiro atoms. The molecule has 32 heavy (non-hydrogen) atoms. The second-order valence-corrected chi connectivity index (χ2v) is 9.71. The van der Waals surface area contributed by atoms with Crippen molar-refractivity contribution in [2.75, 3.05) is 0 Å². The minimum atomic E-state index is -1.09. The lowest BCUT2D eigenvalue weighted by Crippen LogP contribution is -2.24. The molecule has 0 aromatic heterocycles. The summed E-state index contributed by atoms with van der Waals surface area (Å²) in [6, 6.07) is 16.8. The van der Waals surface area contributed by atoms with Gasteiger partial charge in [-0.25, -0.2) is 0 Å². The molecular formula is C30H26O2. The van der Waals surface area contributed by atoms with Gasteiger partial charge in [0.05, 0.1) is 0 Å². The van der Waals surface area contributed by atoms with E-state index in [2.05, 4.69) is 72.2 Å². The second kappa shape index (κ2) is 7.11. The Morgan fingerprint density at radius 3 is 1.38 bits per heavy atom. The van der Waals surface area contributed by atoms with Crippen LogP contribution >= 0.6 is 0 Å². The van der Waals surface area contributed by atoms with Crippen LogP contribution < -0.4 is 0 Å². The molecule has 2 unspecified atom stereocenters. The first-order chi connectivity index (χ1) is 15.1. The molecule has 2 N–H and O–H groups in total. The fourth-order valence-electron chi connectivity index (χ4n) is 4.84. The minimum absolute atomic E-state index is 0.0876. The zero-order chi connectivity index (χ0) is 22.7. The summed E-state index contributed by atoms with van der Waals surface area (Å²) in [5.41, 5.74) is 4.69. The molecule has 3 aromatic rings. The van der Waals surface area contributed by atoms with E-state index in [0.29, 0.717) is 0 Å². The van der Waals surface area contributed by atoms with Crippen LogP contribution in [0.2, 0.25) is 0 Å². The van der Waals surface area contributed by atoms with Crippen molar-refractivity contribution < 1.29 is 10.2 Å². The third-order valence-electron chi connectivity index (χ3n) is 6.07. The van der Waals surface area contributed by atoms with Crippen molar-refractivity contribution in [2.45, 2.75) is 50.7 Å². The van der Waals surface area contributed by atoms with Crippen molar-refractivity contribution in [3.8, 4) is 23.7 Å². The average Bonchev–Trinajstić information content (AvgIpc) is 2.75. The highest BCUT2D eigenvalue weighted by Gasteiger charge is 2.38. The monoisotopic (exact) mass is 418 g/mol. The van der Waals surface area contributed by atoms with Gasteiger partial charge < -0.3 is 10.2 Å². The first kappa shape index (κ1) is 20.6. The Morgan fingerprint density at radius 1 is 0.625 bits per heavy atom. The molecule has 0 saturated carbocycles. The fourth-order valence-corrected chi connectivity index (χ4v) is 4.84. The molecule has 3 aliphatic carbocycles. The largest absolute Gasteiger partial charge is 0.378 e.